The molecule has 6 heteroatoms. The number of methoxy groups -OCH3 is 1. The third-order valence-electron chi connectivity index (χ3n) is 3.01. The van der Waals surface area contributed by atoms with Gasteiger partial charge >= 0.3 is 0 Å². The predicted octanol–water partition coefficient (Wildman–Crippen LogP) is 4.47. The van der Waals surface area contributed by atoms with E-state index in [0.717, 1.165) is 15.7 Å². The molecule has 0 fully saturated rings. The number of halogens is 2. The highest BCUT2D eigenvalue weighted by Crippen LogP contribution is 2.27. The number of aryl methyl sites for hydroxylation is 1. The van der Waals surface area contributed by atoms with Crippen molar-refractivity contribution in [3.63, 3.8) is 0 Å². The first-order valence-electron chi connectivity index (χ1n) is 6.63. The first-order valence-corrected chi connectivity index (χ1v) is 7.80. The lowest BCUT2D eigenvalue weighted by Gasteiger charge is -2.11. The second-order valence-corrected chi connectivity index (χ2v) is 5.99. The van der Waals surface area contributed by atoms with E-state index in [0.29, 0.717) is 16.5 Å². The molecule has 0 saturated heterocycles. The molecule has 22 heavy (non-hydrogen) atoms. The molecule has 2 N–H and O–H groups in total. The molecular weight excluding hydrogens is 368 g/mol. The van der Waals surface area contributed by atoms with E-state index in [4.69, 9.17) is 16.3 Å². The zero-order valence-electron chi connectivity index (χ0n) is 12.2. The van der Waals surface area contributed by atoms with Gasteiger partial charge in [0.2, 0.25) is 5.91 Å². The molecule has 0 aromatic heterocycles. The molecule has 4 nitrogen and oxygen atoms in total. The van der Waals surface area contributed by atoms with E-state index < -0.39 is 0 Å². The zero-order valence-corrected chi connectivity index (χ0v) is 14.6. The van der Waals surface area contributed by atoms with Crippen molar-refractivity contribution in [2.24, 2.45) is 0 Å². The van der Waals surface area contributed by atoms with Gasteiger partial charge in [-0.1, -0.05) is 17.7 Å². The number of nitrogens with one attached hydrogen (secondary N) is 2. The smallest absolute Gasteiger partial charge is 0.243 e. The van der Waals surface area contributed by atoms with Crippen LogP contribution in [0.1, 0.15) is 5.56 Å². The lowest BCUT2D eigenvalue weighted by atomic mass is 10.2. The maximum absolute atomic E-state index is 12.0. The number of ether oxygens (including phenoxy) is 1. The minimum Gasteiger partial charge on any atom is -0.497 e. The van der Waals surface area contributed by atoms with Gasteiger partial charge in [0.25, 0.3) is 0 Å². The summed E-state index contributed by atoms with van der Waals surface area (Å²) in [7, 11) is 1.58. The normalized spacial score (nSPS) is 10.2. The molecule has 0 heterocycles. The Kier molecular flexibility index (Phi) is 5.69. The van der Waals surface area contributed by atoms with Gasteiger partial charge < -0.3 is 15.4 Å². The Morgan fingerprint density at radius 3 is 2.68 bits per heavy atom. The molecule has 1 amide bonds. The van der Waals surface area contributed by atoms with Crippen LogP contribution in [0.3, 0.4) is 0 Å². The highest BCUT2D eigenvalue weighted by Gasteiger charge is 2.08. The van der Waals surface area contributed by atoms with E-state index in [1.807, 2.05) is 25.1 Å². The molecule has 0 aliphatic carbocycles. The van der Waals surface area contributed by atoms with Crippen LogP contribution in [0.15, 0.2) is 40.9 Å². The molecule has 0 atom stereocenters. The Balaban J connectivity index is 1.98. The maximum atomic E-state index is 12.0. The number of hydrogen-bond acceptors (Lipinski definition) is 3. The summed E-state index contributed by atoms with van der Waals surface area (Å²) in [5.41, 5.74) is 2.50. The standard InChI is InChI=1S/C16H16BrClN2O2/c1-10-3-6-14(12(17)7-10)20-16(21)9-19-15-8-11(22-2)4-5-13(15)18/h3-8,19H,9H2,1-2H3,(H,20,21). The largest absolute Gasteiger partial charge is 0.497 e. The fourth-order valence-electron chi connectivity index (χ4n) is 1.86. The van der Waals surface area contributed by atoms with Crippen molar-refractivity contribution in [2.75, 3.05) is 24.3 Å². The van der Waals surface area contributed by atoms with E-state index >= 15 is 0 Å². The van der Waals surface area contributed by atoms with Crippen LogP contribution in [0.4, 0.5) is 11.4 Å². The summed E-state index contributed by atoms with van der Waals surface area (Å²) in [6, 6.07) is 11.0. The molecule has 0 spiro atoms. The Morgan fingerprint density at radius 2 is 2.00 bits per heavy atom. The lowest BCUT2D eigenvalue weighted by molar-refractivity contribution is -0.114. The fourth-order valence-corrected chi connectivity index (χ4v) is 2.63. The fraction of sp³-hybridized carbons (Fsp3) is 0.188. The number of carbonyl (C=O) groups is 1. The van der Waals surface area contributed by atoms with Crippen LogP contribution < -0.4 is 15.4 Å². The minimum atomic E-state index is -0.163. The summed E-state index contributed by atoms with van der Waals surface area (Å²) in [5, 5.41) is 6.36. The van der Waals surface area contributed by atoms with Crippen molar-refractivity contribution >= 4 is 44.8 Å². The number of benzene rings is 2. The van der Waals surface area contributed by atoms with E-state index in [1.165, 1.54) is 0 Å². The molecule has 0 unspecified atom stereocenters. The average Bonchev–Trinajstić information content (AvgIpc) is 2.49. The zero-order chi connectivity index (χ0) is 16.1. The second-order valence-electron chi connectivity index (χ2n) is 4.73. The second kappa shape index (κ2) is 7.51. The molecule has 0 aliphatic rings. The highest BCUT2D eigenvalue weighted by atomic mass is 79.9. The number of amides is 1. The van der Waals surface area contributed by atoms with Crippen LogP contribution >= 0.6 is 27.5 Å². The van der Waals surface area contributed by atoms with Gasteiger partial charge in [0.15, 0.2) is 0 Å². The van der Waals surface area contributed by atoms with Gasteiger partial charge in [-0.3, -0.25) is 4.79 Å². The minimum absolute atomic E-state index is 0.104. The van der Waals surface area contributed by atoms with Gasteiger partial charge in [0, 0.05) is 10.5 Å². The molecule has 0 radical (unpaired) electrons. The van der Waals surface area contributed by atoms with Crippen molar-refractivity contribution in [3.05, 3.63) is 51.5 Å². The molecule has 116 valence electrons. The first-order chi connectivity index (χ1) is 10.5. The van der Waals surface area contributed by atoms with Crippen LogP contribution in [0, 0.1) is 6.92 Å². The van der Waals surface area contributed by atoms with Crippen molar-refractivity contribution in [1.29, 1.82) is 0 Å². The summed E-state index contributed by atoms with van der Waals surface area (Å²) in [5.74, 6) is 0.511. The third kappa shape index (κ3) is 4.39. The van der Waals surface area contributed by atoms with Gasteiger partial charge in [-0.2, -0.15) is 0 Å². The topological polar surface area (TPSA) is 50.4 Å². The van der Waals surface area contributed by atoms with Crippen molar-refractivity contribution < 1.29 is 9.53 Å². The number of rotatable bonds is 5. The summed E-state index contributed by atoms with van der Waals surface area (Å²) in [6.45, 7) is 2.09. The van der Waals surface area contributed by atoms with Gasteiger partial charge in [-0.25, -0.2) is 0 Å². The van der Waals surface area contributed by atoms with Crippen molar-refractivity contribution in [2.45, 2.75) is 6.92 Å². The third-order valence-corrected chi connectivity index (χ3v) is 4.00. The Hall–Kier alpha value is -1.72. The van der Waals surface area contributed by atoms with Crippen LogP contribution in [-0.2, 0) is 4.79 Å². The van der Waals surface area contributed by atoms with Crippen molar-refractivity contribution in [1.82, 2.24) is 0 Å². The van der Waals surface area contributed by atoms with E-state index in [2.05, 4.69) is 26.6 Å². The number of anilines is 2. The quantitative estimate of drug-likeness (QED) is 0.801. The lowest BCUT2D eigenvalue weighted by Crippen LogP contribution is -2.22. The molecule has 2 aromatic carbocycles. The van der Waals surface area contributed by atoms with Crippen LogP contribution in [0.2, 0.25) is 5.02 Å². The van der Waals surface area contributed by atoms with Gasteiger partial charge in [0.05, 0.1) is 30.1 Å². The molecule has 2 aromatic rings. The monoisotopic (exact) mass is 382 g/mol. The van der Waals surface area contributed by atoms with Crippen molar-refractivity contribution in [3.8, 4) is 5.75 Å². The van der Waals surface area contributed by atoms with Gasteiger partial charge in [-0.05, 0) is 52.7 Å². The molecular formula is C16H16BrClN2O2. The van der Waals surface area contributed by atoms with Gasteiger partial charge in [0.1, 0.15) is 5.75 Å². The van der Waals surface area contributed by atoms with E-state index in [1.54, 1.807) is 25.3 Å². The summed E-state index contributed by atoms with van der Waals surface area (Å²) < 4.78 is 5.98. The predicted molar refractivity (Wildman–Crippen MR) is 94.0 cm³/mol. The molecule has 0 aliphatic heterocycles. The summed E-state index contributed by atoms with van der Waals surface area (Å²) >= 11 is 9.51. The molecule has 0 bridgehead atoms. The van der Waals surface area contributed by atoms with E-state index in [-0.39, 0.29) is 12.5 Å². The van der Waals surface area contributed by atoms with Crippen LogP contribution in [0.5, 0.6) is 5.75 Å². The highest BCUT2D eigenvalue weighted by molar-refractivity contribution is 9.10. The summed E-state index contributed by atoms with van der Waals surface area (Å²) in [6.07, 6.45) is 0. The van der Waals surface area contributed by atoms with Gasteiger partial charge in [-0.15, -0.1) is 0 Å². The Morgan fingerprint density at radius 1 is 1.23 bits per heavy atom. The summed E-state index contributed by atoms with van der Waals surface area (Å²) in [4.78, 5) is 12.0. The average molecular weight is 384 g/mol. The SMILES string of the molecule is COc1ccc(Cl)c(NCC(=O)Nc2ccc(C)cc2Br)c1. The Bertz CT molecular complexity index is 692. The molecule has 0 saturated carbocycles. The van der Waals surface area contributed by atoms with Crippen LogP contribution in [0.25, 0.3) is 0 Å². The Labute approximate surface area is 142 Å². The first kappa shape index (κ1) is 16.6. The number of carbonyl (C=O) groups excluding carboxylic acids is 1. The maximum Gasteiger partial charge on any atom is 0.243 e. The number of hydrogen-bond donors (Lipinski definition) is 2. The van der Waals surface area contributed by atoms with E-state index in [9.17, 15) is 4.79 Å². The van der Waals surface area contributed by atoms with Crippen LogP contribution in [-0.4, -0.2) is 19.6 Å². The molecule has 2 rings (SSSR count).